The fraction of sp³-hybridized carbons (Fsp3) is 0.250. The van der Waals surface area contributed by atoms with Crippen molar-refractivity contribution in [2.75, 3.05) is 23.3 Å². The number of nitrogens with zero attached hydrogens (tertiary/aromatic N) is 3. The van der Waals surface area contributed by atoms with Crippen molar-refractivity contribution in [2.45, 2.75) is 13.6 Å². The minimum absolute atomic E-state index is 0.377. The molecule has 2 aromatic carbocycles. The van der Waals surface area contributed by atoms with E-state index in [-0.39, 0.29) is 0 Å². The average molecular weight is 277 g/mol. The van der Waals surface area contributed by atoms with Gasteiger partial charge in [-0.15, -0.1) is 0 Å². The van der Waals surface area contributed by atoms with Crippen LogP contribution in [0.3, 0.4) is 0 Å². The summed E-state index contributed by atoms with van der Waals surface area (Å²) in [6.45, 7) is 6.20. The Bertz CT molecular complexity index is 527. The molecule has 1 fully saturated rings. The normalized spacial score (nSPS) is 16.5. The fourth-order valence-electron chi connectivity index (χ4n) is 2.99. The second kappa shape index (κ2) is 5.86. The van der Waals surface area contributed by atoms with E-state index >= 15 is 0 Å². The van der Waals surface area contributed by atoms with Gasteiger partial charge in [-0.2, -0.15) is 0 Å². The van der Waals surface area contributed by atoms with Gasteiger partial charge in [-0.25, -0.2) is 0 Å². The van der Waals surface area contributed by atoms with E-state index in [9.17, 15) is 0 Å². The SMILES string of the molecule is CB1N(C)B(C)N(c2ccccc2)CN1c1ccccc1. The van der Waals surface area contributed by atoms with E-state index in [0.717, 1.165) is 6.67 Å². The number of rotatable bonds is 2. The van der Waals surface area contributed by atoms with Crippen molar-refractivity contribution >= 4 is 25.3 Å². The summed E-state index contributed by atoms with van der Waals surface area (Å²) in [5.41, 5.74) is 2.54. The summed E-state index contributed by atoms with van der Waals surface area (Å²) in [4.78, 5) is 4.88. The Morgan fingerprint density at radius 2 is 1.10 bits per heavy atom. The highest BCUT2D eigenvalue weighted by molar-refractivity contribution is 6.77. The fourth-order valence-corrected chi connectivity index (χ4v) is 2.99. The highest BCUT2D eigenvalue weighted by Crippen LogP contribution is 2.26. The van der Waals surface area contributed by atoms with Crippen LogP contribution in [0.25, 0.3) is 0 Å². The predicted octanol–water partition coefficient (Wildman–Crippen LogP) is 3.14. The highest BCUT2D eigenvalue weighted by atomic mass is 15.4. The highest BCUT2D eigenvalue weighted by Gasteiger charge is 2.38. The molecule has 0 bridgehead atoms. The molecule has 21 heavy (non-hydrogen) atoms. The van der Waals surface area contributed by atoms with Crippen molar-refractivity contribution in [3.63, 3.8) is 0 Å². The summed E-state index contributed by atoms with van der Waals surface area (Å²) in [7, 11) is 2.19. The Morgan fingerprint density at radius 1 is 0.714 bits per heavy atom. The van der Waals surface area contributed by atoms with Gasteiger partial charge in [0.25, 0.3) is 0 Å². The van der Waals surface area contributed by atoms with Crippen molar-refractivity contribution in [1.82, 2.24) is 4.72 Å². The monoisotopic (exact) mass is 277 g/mol. The average Bonchev–Trinajstić information content (AvgIpc) is 2.55. The number of anilines is 2. The lowest BCUT2D eigenvalue weighted by Gasteiger charge is -2.49. The van der Waals surface area contributed by atoms with E-state index in [2.05, 4.69) is 95.7 Å². The van der Waals surface area contributed by atoms with Crippen LogP contribution >= 0.6 is 0 Å². The van der Waals surface area contributed by atoms with Crippen LogP contribution in [-0.2, 0) is 0 Å². The van der Waals surface area contributed by atoms with E-state index in [4.69, 9.17) is 0 Å². The van der Waals surface area contributed by atoms with Gasteiger partial charge < -0.3 is 14.3 Å². The molecule has 1 heterocycles. The topological polar surface area (TPSA) is 9.72 Å². The molecule has 0 aliphatic carbocycles. The van der Waals surface area contributed by atoms with Gasteiger partial charge >= 0.3 is 14.0 Å². The standard InChI is InChI=1S/C16H21B2N3/c1-17-19(3)18(2)21(16-12-8-5-9-13-16)14-20(17)15-10-6-4-7-11-15/h4-13H,14H2,1-3H3. The van der Waals surface area contributed by atoms with Crippen LogP contribution in [-0.4, -0.2) is 32.4 Å². The first kappa shape index (κ1) is 14.1. The minimum atomic E-state index is 0.377. The Labute approximate surface area is 128 Å². The Kier molecular flexibility index (Phi) is 3.93. The van der Waals surface area contributed by atoms with Crippen LogP contribution in [0.15, 0.2) is 60.7 Å². The van der Waals surface area contributed by atoms with Crippen molar-refractivity contribution in [2.24, 2.45) is 0 Å². The molecule has 1 aliphatic rings. The number of benzene rings is 2. The Balaban J connectivity index is 1.93. The molecule has 0 spiro atoms. The molecule has 0 saturated carbocycles. The van der Waals surface area contributed by atoms with Crippen LogP contribution in [0.4, 0.5) is 11.4 Å². The molecule has 3 rings (SSSR count). The number of hydrogen-bond acceptors (Lipinski definition) is 3. The molecule has 1 aliphatic heterocycles. The van der Waals surface area contributed by atoms with Gasteiger partial charge in [-0.3, -0.25) is 0 Å². The summed E-state index contributed by atoms with van der Waals surface area (Å²) >= 11 is 0. The van der Waals surface area contributed by atoms with Crippen molar-refractivity contribution in [1.29, 1.82) is 0 Å². The van der Waals surface area contributed by atoms with Crippen molar-refractivity contribution in [3.05, 3.63) is 60.7 Å². The number of para-hydroxylation sites is 2. The zero-order valence-electron chi connectivity index (χ0n) is 13.0. The molecule has 3 nitrogen and oxygen atoms in total. The molecule has 0 radical (unpaired) electrons. The minimum Gasteiger partial charge on any atom is -0.386 e. The number of hydrogen-bond donors (Lipinski definition) is 0. The first-order chi connectivity index (χ1) is 10.2. The van der Waals surface area contributed by atoms with Crippen molar-refractivity contribution < 1.29 is 0 Å². The van der Waals surface area contributed by atoms with E-state index in [1.165, 1.54) is 11.4 Å². The van der Waals surface area contributed by atoms with Gasteiger partial charge in [-0.1, -0.05) is 50.0 Å². The third-order valence-corrected chi connectivity index (χ3v) is 4.56. The van der Waals surface area contributed by atoms with E-state index in [1.54, 1.807) is 0 Å². The molecule has 0 N–H and O–H groups in total. The third-order valence-electron chi connectivity index (χ3n) is 4.56. The summed E-state index contributed by atoms with van der Waals surface area (Å²) in [6.07, 6.45) is 0. The van der Waals surface area contributed by atoms with Gasteiger partial charge in [0.2, 0.25) is 0 Å². The molecule has 106 valence electrons. The summed E-state index contributed by atoms with van der Waals surface area (Å²) < 4.78 is 2.41. The largest absolute Gasteiger partial charge is 0.386 e. The van der Waals surface area contributed by atoms with E-state index in [1.807, 2.05) is 0 Å². The first-order valence-electron chi connectivity index (χ1n) is 7.54. The quantitative estimate of drug-likeness (QED) is 0.781. The third kappa shape index (κ3) is 2.66. The zero-order chi connectivity index (χ0) is 14.8. The van der Waals surface area contributed by atoms with Gasteiger partial charge in [0, 0.05) is 11.4 Å². The summed E-state index contributed by atoms with van der Waals surface area (Å²) in [5.74, 6) is 0. The van der Waals surface area contributed by atoms with E-state index < -0.39 is 0 Å². The molecular formula is C16H21B2N3. The van der Waals surface area contributed by atoms with Crippen LogP contribution in [0.5, 0.6) is 0 Å². The van der Waals surface area contributed by atoms with Gasteiger partial charge in [0.15, 0.2) is 0 Å². The van der Waals surface area contributed by atoms with E-state index in [0.29, 0.717) is 14.0 Å². The van der Waals surface area contributed by atoms with Gasteiger partial charge in [0.1, 0.15) is 0 Å². The lowest BCUT2D eigenvalue weighted by atomic mass is 9.58. The smallest absolute Gasteiger partial charge is 0.330 e. The second-order valence-corrected chi connectivity index (χ2v) is 5.68. The molecule has 0 aromatic heterocycles. The van der Waals surface area contributed by atoms with Crippen LogP contribution in [0, 0.1) is 0 Å². The Morgan fingerprint density at radius 3 is 1.48 bits per heavy atom. The van der Waals surface area contributed by atoms with Crippen LogP contribution in [0.1, 0.15) is 0 Å². The lowest BCUT2D eigenvalue weighted by Crippen LogP contribution is -2.69. The molecule has 1 saturated heterocycles. The molecule has 0 atom stereocenters. The Hall–Kier alpha value is -1.87. The van der Waals surface area contributed by atoms with Gasteiger partial charge in [-0.05, 0) is 31.3 Å². The zero-order valence-corrected chi connectivity index (χ0v) is 13.0. The maximum absolute atomic E-state index is 2.44. The first-order valence-corrected chi connectivity index (χ1v) is 7.54. The molecular weight excluding hydrogens is 256 g/mol. The van der Waals surface area contributed by atoms with Crippen molar-refractivity contribution in [3.8, 4) is 0 Å². The molecule has 0 amide bonds. The summed E-state index contributed by atoms with van der Waals surface area (Å²) in [5, 5.41) is 0. The van der Waals surface area contributed by atoms with Crippen LogP contribution in [0.2, 0.25) is 13.6 Å². The van der Waals surface area contributed by atoms with Crippen LogP contribution < -0.4 is 9.62 Å². The maximum Gasteiger partial charge on any atom is 0.330 e. The molecule has 2 aromatic rings. The second-order valence-electron chi connectivity index (χ2n) is 5.68. The molecule has 5 heteroatoms. The van der Waals surface area contributed by atoms with Gasteiger partial charge in [0.05, 0.1) is 6.67 Å². The lowest BCUT2D eigenvalue weighted by molar-refractivity contribution is 0.722. The predicted molar refractivity (Wildman–Crippen MR) is 93.7 cm³/mol. The maximum atomic E-state index is 2.44. The summed E-state index contributed by atoms with van der Waals surface area (Å²) in [6, 6.07) is 21.3. The molecule has 0 unspecified atom stereocenters.